The Hall–Kier alpha value is -1.64. The van der Waals surface area contributed by atoms with E-state index in [4.69, 9.17) is 0 Å². The highest BCUT2D eigenvalue weighted by molar-refractivity contribution is 5.29. The zero-order valence-electron chi connectivity index (χ0n) is 15.9. The Labute approximate surface area is 158 Å². The van der Waals surface area contributed by atoms with E-state index in [9.17, 15) is 0 Å². The first kappa shape index (κ1) is 17.8. The van der Waals surface area contributed by atoms with Gasteiger partial charge in [0.1, 0.15) is 0 Å². The normalized spacial score (nSPS) is 19.4. The summed E-state index contributed by atoms with van der Waals surface area (Å²) in [6, 6.07) is 19.9. The molecule has 2 aliphatic rings. The quantitative estimate of drug-likeness (QED) is 0.764. The second-order valence-electron chi connectivity index (χ2n) is 8.13. The second-order valence-corrected chi connectivity index (χ2v) is 8.13. The van der Waals surface area contributed by atoms with Gasteiger partial charge in [-0.05, 0) is 74.3 Å². The van der Waals surface area contributed by atoms with Gasteiger partial charge in [-0.2, -0.15) is 0 Å². The average molecular weight is 349 g/mol. The predicted molar refractivity (Wildman–Crippen MR) is 109 cm³/mol. The zero-order chi connectivity index (χ0) is 17.6. The van der Waals surface area contributed by atoms with Crippen LogP contribution in [0.3, 0.4) is 0 Å². The maximum absolute atomic E-state index is 2.69. The Morgan fingerprint density at radius 2 is 1.50 bits per heavy atom. The standard InChI is InChI=1S/C24H32N2/c1-2-7-21(8-3-1)9-6-15-25-16-12-22(13-17-25)19-26-18-14-23-10-4-5-11-24(23)20-26/h1-5,7-8,10-11,22H,6,9,12-20H2. The maximum Gasteiger partial charge on any atom is 0.0236 e. The predicted octanol–water partition coefficient (Wildman–Crippen LogP) is 4.39. The number of aryl methyl sites for hydroxylation is 1. The van der Waals surface area contributed by atoms with Crippen molar-refractivity contribution in [2.24, 2.45) is 5.92 Å². The third-order valence-electron chi connectivity index (χ3n) is 6.22. The van der Waals surface area contributed by atoms with Crippen LogP contribution >= 0.6 is 0 Å². The fraction of sp³-hybridized carbons (Fsp3) is 0.500. The minimum absolute atomic E-state index is 0.894. The first-order valence-electron chi connectivity index (χ1n) is 10.4. The van der Waals surface area contributed by atoms with Crippen molar-refractivity contribution in [1.82, 2.24) is 9.80 Å². The van der Waals surface area contributed by atoms with Crippen molar-refractivity contribution in [2.45, 2.75) is 38.6 Å². The molecular weight excluding hydrogens is 316 g/mol. The molecule has 2 aromatic carbocycles. The van der Waals surface area contributed by atoms with Gasteiger partial charge < -0.3 is 4.90 Å². The molecule has 26 heavy (non-hydrogen) atoms. The number of nitrogens with zero attached hydrogens (tertiary/aromatic N) is 2. The van der Waals surface area contributed by atoms with E-state index in [0.29, 0.717) is 0 Å². The van der Waals surface area contributed by atoms with Gasteiger partial charge in [0.25, 0.3) is 0 Å². The van der Waals surface area contributed by atoms with Crippen molar-refractivity contribution < 1.29 is 0 Å². The number of piperidine rings is 1. The summed E-state index contributed by atoms with van der Waals surface area (Å²) in [7, 11) is 0. The van der Waals surface area contributed by atoms with Gasteiger partial charge in [0.2, 0.25) is 0 Å². The SMILES string of the molecule is c1ccc(CCCN2CCC(CN3CCc4ccccc4C3)CC2)cc1. The first-order valence-corrected chi connectivity index (χ1v) is 10.4. The molecule has 0 spiro atoms. The highest BCUT2D eigenvalue weighted by atomic mass is 15.1. The second kappa shape index (κ2) is 8.83. The van der Waals surface area contributed by atoms with Crippen molar-refractivity contribution in [2.75, 3.05) is 32.7 Å². The molecule has 0 aliphatic carbocycles. The van der Waals surface area contributed by atoms with Crippen LogP contribution in [0, 0.1) is 5.92 Å². The molecular formula is C24H32N2. The summed E-state index contributed by atoms with van der Waals surface area (Å²) in [5.41, 5.74) is 4.60. The molecule has 2 nitrogen and oxygen atoms in total. The van der Waals surface area contributed by atoms with E-state index in [0.717, 1.165) is 12.5 Å². The Morgan fingerprint density at radius 1 is 0.769 bits per heavy atom. The Morgan fingerprint density at radius 3 is 2.31 bits per heavy atom. The lowest BCUT2D eigenvalue weighted by atomic mass is 9.93. The van der Waals surface area contributed by atoms with Crippen LogP contribution in [0.2, 0.25) is 0 Å². The third kappa shape index (κ3) is 4.75. The van der Waals surface area contributed by atoms with Gasteiger partial charge in [-0.25, -0.2) is 0 Å². The minimum Gasteiger partial charge on any atom is -0.303 e. The molecule has 0 unspecified atom stereocenters. The third-order valence-corrected chi connectivity index (χ3v) is 6.22. The average Bonchev–Trinajstić information content (AvgIpc) is 2.70. The summed E-state index contributed by atoms with van der Waals surface area (Å²) in [6.07, 6.45) is 6.49. The highest BCUT2D eigenvalue weighted by Crippen LogP contribution is 2.23. The van der Waals surface area contributed by atoms with Crippen molar-refractivity contribution in [3.63, 3.8) is 0 Å². The molecule has 4 rings (SSSR count). The number of fused-ring (bicyclic) bond motifs is 1. The Balaban J connectivity index is 1.16. The number of hydrogen-bond donors (Lipinski definition) is 0. The molecule has 0 saturated carbocycles. The fourth-order valence-corrected chi connectivity index (χ4v) is 4.62. The Kier molecular flexibility index (Phi) is 6.03. The molecule has 0 radical (unpaired) electrons. The van der Waals surface area contributed by atoms with Crippen LogP contribution < -0.4 is 0 Å². The molecule has 1 fully saturated rings. The molecule has 1 saturated heterocycles. The fourth-order valence-electron chi connectivity index (χ4n) is 4.62. The molecule has 0 atom stereocenters. The molecule has 0 aromatic heterocycles. The van der Waals surface area contributed by atoms with Gasteiger partial charge in [-0.1, -0.05) is 54.6 Å². The lowest BCUT2D eigenvalue weighted by Crippen LogP contribution is -2.40. The van der Waals surface area contributed by atoms with Gasteiger partial charge >= 0.3 is 0 Å². The van der Waals surface area contributed by atoms with Crippen LogP contribution in [-0.4, -0.2) is 42.5 Å². The molecule has 2 heterocycles. The van der Waals surface area contributed by atoms with Crippen molar-refractivity contribution in [1.29, 1.82) is 0 Å². The van der Waals surface area contributed by atoms with E-state index < -0.39 is 0 Å². The van der Waals surface area contributed by atoms with E-state index in [2.05, 4.69) is 64.4 Å². The molecule has 0 amide bonds. The van der Waals surface area contributed by atoms with Gasteiger partial charge in [0.05, 0.1) is 0 Å². The van der Waals surface area contributed by atoms with Crippen LogP contribution in [0.5, 0.6) is 0 Å². The monoisotopic (exact) mass is 348 g/mol. The largest absolute Gasteiger partial charge is 0.303 e. The first-order chi connectivity index (χ1) is 12.9. The lowest BCUT2D eigenvalue weighted by Gasteiger charge is -2.36. The van der Waals surface area contributed by atoms with Crippen LogP contribution in [0.15, 0.2) is 54.6 Å². The van der Waals surface area contributed by atoms with E-state index in [1.54, 1.807) is 11.1 Å². The number of rotatable bonds is 6. The summed E-state index contributed by atoms with van der Waals surface area (Å²) >= 11 is 0. The summed E-state index contributed by atoms with van der Waals surface area (Å²) in [5.74, 6) is 0.894. The Bertz CT molecular complexity index is 674. The molecule has 138 valence electrons. The van der Waals surface area contributed by atoms with Gasteiger partial charge in [-0.3, -0.25) is 4.90 Å². The highest BCUT2D eigenvalue weighted by Gasteiger charge is 2.23. The smallest absolute Gasteiger partial charge is 0.0236 e. The summed E-state index contributed by atoms with van der Waals surface area (Å²) in [5, 5.41) is 0. The van der Waals surface area contributed by atoms with Gasteiger partial charge in [0.15, 0.2) is 0 Å². The maximum atomic E-state index is 2.69. The lowest BCUT2D eigenvalue weighted by molar-refractivity contribution is 0.136. The van der Waals surface area contributed by atoms with Crippen LogP contribution in [0.4, 0.5) is 0 Å². The van der Waals surface area contributed by atoms with Crippen molar-refractivity contribution in [3.05, 3.63) is 71.3 Å². The van der Waals surface area contributed by atoms with Crippen LogP contribution in [0.25, 0.3) is 0 Å². The number of likely N-dealkylation sites (tertiary alicyclic amines) is 1. The summed E-state index contributed by atoms with van der Waals surface area (Å²) < 4.78 is 0. The molecule has 2 heteroatoms. The summed E-state index contributed by atoms with van der Waals surface area (Å²) in [6.45, 7) is 7.56. The van der Waals surface area contributed by atoms with E-state index in [-0.39, 0.29) is 0 Å². The molecule has 0 N–H and O–H groups in total. The number of benzene rings is 2. The van der Waals surface area contributed by atoms with Crippen LogP contribution in [-0.2, 0) is 19.4 Å². The van der Waals surface area contributed by atoms with Gasteiger partial charge in [0, 0.05) is 19.6 Å². The van der Waals surface area contributed by atoms with Crippen molar-refractivity contribution in [3.8, 4) is 0 Å². The van der Waals surface area contributed by atoms with Crippen molar-refractivity contribution >= 4 is 0 Å². The van der Waals surface area contributed by atoms with Crippen LogP contribution in [0.1, 0.15) is 36.0 Å². The topological polar surface area (TPSA) is 6.48 Å². The molecule has 2 aromatic rings. The summed E-state index contributed by atoms with van der Waals surface area (Å²) in [4.78, 5) is 5.38. The van der Waals surface area contributed by atoms with Gasteiger partial charge in [-0.15, -0.1) is 0 Å². The molecule has 2 aliphatic heterocycles. The number of hydrogen-bond acceptors (Lipinski definition) is 2. The zero-order valence-corrected chi connectivity index (χ0v) is 15.9. The molecule has 0 bridgehead atoms. The van der Waals surface area contributed by atoms with E-state index in [1.807, 2.05) is 0 Å². The minimum atomic E-state index is 0.894. The van der Waals surface area contributed by atoms with E-state index in [1.165, 1.54) is 70.4 Å². The van der Waals surface area contributed by atoms with E-state index >= 15 is 0 Å².